The van der Waals surface area contributed by atoms with Crippen LogP contribution in [0.2, 0.25) is 0 Å². The molecule has 0 fully saturated rings. The predicted molar refractivity (Wildman–Crippen MR) is 87.4 cm³/mol. The van der Waals surface area contributed by atoms with Gasteiger partial charge in [0.05, 0.1) is 0 Å². The van der Waals surface area contributed by atoms with Crippen molar-refractivity contribution < 1.29 is 9.90 Å². The van der Waals surface area contributed by atoms with Crippen LogP contribution in [0.3, 0.4) is 0 Å². The van der Waals surface area contributed by atoms with Crippen LogP contribution >= 0.6 is 0 Å². The van der Waals surface area contributed by atoms with E-state index in [1.807, 2.05) is 31.2 Å². The molecule has 0 aliphatic rings. The van der Waals surface area contributed by atoms with E-state index in [4.69, 9.17) is 0 Å². The van der Waals surface area contributed by atoms with Crippen LogP contribution in [0.1, 0.15) is 19.4 Å². The molecule has 0 amide bonds. The van der Waals surface area contributed by atoms with E-state index in [1.54, 1.807) is 6.92 Å². The van der Waals surface area contributed by atoms with Crippen molar-refractivity contribution in [3.05, 3.63) is 65.7 Å². The molecule has 0 bridgehead atoms. The number of rotatable bonds is 2. The van der Waals surface area contributed by atoms with Gasteiger partial charge in [0.1, 0.15) is 0 Å². The minimum Gasteiger partial charge on any atom is -0.478 e. The molecular formula is C19H16O2. The Morgan fingerprint density at radius 1 is 0.857 bits per heavy atom. The Morgan fingerprint density at radius 2 is 1.43 bits per heavy atom. The topological polar surface area (TPSA) is 37.3 Å². The summed E-state index contributed by atoms with van der Waals surface area (Å²) >= 11 is 0. The number of fused-ring (bicyclic) bond motifs is 3. The van der Waals surface area contributed by atoms with Crippen LogP contribution in [0.15, 0.2) is 60.2 Å². The predicted octanol–water partition coefficient (Wildman–Crippen LogP) is 4.87. The van der Waals surface area contributed by atoms with Crippen molar-refractivity contribution in [2.45, 2.75) is 13.8 Å². The Labute approximate surface area is 123 Å². The molecule has 2 nitrogen and oxygen atoms in total. The quantitative estimate of drug-likeness (QED) is 0.535. The largest absolute Gasteiger partial charge is 0.478 e. The number of carbonyl (C=O) groups is 1. The molecule has 0 saturated carbocycles. The van der Waals surface area contributed by atoms with Crippen molar-refractivity contribution in [2.24, 2.45) is 0 Å². The third-order valence-electron chi connectivity index (χ3n) is 4.06. The van der Waals surface area contributed by atoms with Crippen molar-refractivity contribution in [3.63, 3.8) is 0 Å². The monoisotopic (exact) mass is 276 g/mol. The summed E-state index contributed by atoms with van der Waals surface area (Å²) in [5.41, 5.74) is 2.18. The van der Waals surface area contributed by atoms with Crippen LogP contribution in [-0.2, 0) is 4.79 Å². The fourth-order valence-electron chi connectivity index (χ4n) is 2.73. The van der Waals surface area contributed by atoms with E-state index in [0.717, 1.165) is 27.3 Å². The van der Waals surface area contributed by atoms with E-state index in [2.05, 4.69) is 30.3 Å². The molecule has 0 aliphatic carbocycles. The lowest BCUT2D eigenvalue weighted by molar-refractivity contribution is -0.132. The number of carboxylic acid groups (broad SMARTS) is 1. The molecule has 0 aliphatic heterocycles. The van der Waals surface area contributed by atoms with Crippen LogP contribution in [0.25, 0.3) is 27.1 Å². The first-order valence-corrected chi connectivity index (χ1v) is 6.91. The first kappa shape index (κ1) is 13.4. The summed E-state index contributed by atoms with van der Waals surface area (Å²) in [6.45, 7) is 3.53. The normalized spacial score (nSPS) is 12.5. The maximum absolute atomic E-state index is 11.3. The zero-order chi connectivity index (χ0) is 15.0. The van der Waals surface area contributed by atoms with Crippen molar-refractivity contribution in [1.82, 2.24) is 0 Å². The van der Waals surface area contributed by atoms with Crippen molar-refractivity contribution >= 4 is 33.1 Å². The standard InChI is InChI=1S/C19H16O2/c1-12(13(2)19(20)21)18-11-14-7-3-4-8-15(14)16-9-5-6-10-17(16)18/h3-11H,1-2H3,(H,20,21)/b13-12+. The first-order chi connectivity index (χ1) is 10.1. The van der Waals surface area contributed by atoms with Gasteiger partial charge in [0.25, 0.3) is 0 Å². The third kappa shape index (κ3) is 2.19. The van der Waals surface area contributed by atoms with Gasteiger partial charge in [-0.25, -0.2) is 4.79 Å². The van der Waals surface area contributed by atoms with E-state index in [-0.39, 0.29) is 0 Å². The van der Waals surface area contributed by atoms with E-state index in [1.165, 1.54) is 5.39 Å². The fraction of sp³-hybridized carbons (Fsp3) is 0.105. The van der Waals surface area contributed by atoms with E-state index in [9.17, 15) is 9.90 Å². The molecule has 0 saturated heterocycles. The highest BCUT2D eigenvalue weighted by atomic mass is 16.4. The summed E-state index contributed by atoms with van der Waals surface area (Å²) in [6, 6.07) is 18.4. The molecule has 0 spiro atoms. The molecule has 0 atom stereocenters. The maximum atomic E-state index is 11.3. The number of hydrogen-bond acceptors (Lipinski definition) is 1. The van der Waals surface area contributed by atoms with Gasteiger partial charge in [0, 0.05) is 5.57 Å². The Morgan fingerprint density at radius 3 is 2.10 bits per heavy atom. The van der Waals surface area contributed by atoms with Gasteiger partial charge in [-0.1, -0.05) is 48.5 Å². The second-order valence-corrected chi connectivity index (χ2v) is 5.25. The average Bonchev–Trinajstić information content (AvgIpc) is 2.52. The lowest BCUT2D eigenvalue weighted by atomic mass is 9.92. The van der Waals surface area contributed by atoms with Crippen molar-refractivity contribution in [1.29, 1.82) is 0 Å². The minimum absolute atomic E-state index is 0.385. The summed E-state index contributed by atoms with van der Waals surface area (Å²) in [7, 11) is 0. The highest BCUT2D eigenvalue weighted by Crippen LogP contribution is 2.33. The summed E-state index contributed by atoms with van der Waals surface area (Å²) in [5, 5.41) is 13.8. The zero-order valence-corrected chi connectivity index (χ0v) is 12.1. The average molecular weight is 276 g/mol. The van der Waals surface area contributed by atoms with Crippen LogP contribution in [0, 0.1) is 0 Å². The first-order valence-electron chi connectivity index (χ1n) is 6.91. The SMILES string of the molecule is C/C(C(=O)O)=C(/C)c1cc2ccccc2c2ccccc12. The van der Waals surface area contributed by atoms with Gasteiger partial charge in [0.2, 0.25) is 0 Å². The lowest BCUT2D eigenvalue weighted by Gasteiger charge is -2.12. The van der Waals surface area contributed by atoms with Crippen LogP contribution < -0.4 is 0 Å². The summed E-state index contributed by atoms with van der Waals surface area (Å²) < 4.78 is 0. The Hall–Kier alpha value is -2.61. The number of carboxylic acids is 1. The third-order valence-corrected chi connectivity index (χ3v) is 4.06. The lowest BCUT2D eigenvalue weighted by Crippen LogP contribution is -1.99. The van der Waals surface area contributed by atoms with Gasteiger partial charge in [-0.05, 0) is 52.6 Å². The minimum atomic E-state index is -0.871. The molecule has 21 heavy (non-hydrogen) atoms. The van der Waals surface area contributed by atoms with E-state index >= 15 is 0 Å². The molecule has 3 aromatic carbocycles. The molecule has 2 heteroatoms. The Kier molecular flexibility index (Phi) is 3.22. The Bertz CT molecular complexity index is 888. The highest BCUT2D eigenvalue weighted by molar-refractivity contribution is 6.13. The van der Waals surface area contributed by atoms with Gasteiger partial charge in [0.15, 0.2) is 0 Å². The van der Waals surface area contributed by atoms with Crippen molar-refractivity contribution in [3.8, 4) is 0 Å². The maximum Gasteiger partial charge on any atom is 0.331 e. The van der Waals surface area contributed by atoms with E-state index < -0.39 is 5.97 Å². The summed E-state index contributed by atoms with van der Waals surface area (Å²) in [4.78, 5) is 11.3. The van der Waals surface area contributed by atoms with Crippen molar-refractivity contribution in [2.75, 3.05) is 0 Å². The van der Waals surface area contributed by atoms with Crippen LogP contribution in [0.4, 0.5) is 0 Å². The number of aliphatic carboxylic acids is 1. The highest BCUT2D eigenvalue weighted by Gasteiger charge is 2.12. The number of benzene rings is 3. The van der Waals surface area contributed by atoms with E-state index in [0.29, 0.717) is 5.57 Å². The second kappa shape index (κ2) is 5.06. The van der Waals surface area contributed by atoms with Gasteiger partial charge in [-0.3, -0.25) is 0 Å². The van der Waals surface area contributed by atoms with Gasteiger partial charge in [-0.2, -0.15) is 0 Å². The molecule has 3 aromatic rings. The molecule has 3 rings (SSSR count). The summed E-state index contributed by atoms with van der Waals surface area (Å²) in [5.74, 6) is -0.871. The number of hydrogen-bond donors (Lipinski definition) is 1. The zero-order valence-electron chi connectivity index (χ0n) is 12.1. The van der Waals surface area contributed by atoms with Crippen LogP contribution in [0.5, 0.6) is 0 Å². The molecule has 0 radical (unpaired) electrons. The number of allylic oxidation sites excluding steroid dienone is 1. The van der Waals surface area contributed by atoms with Gasteiger partial charge in [-0.15, -0.1) is 0 Å². The molecule has 1 N–H and O–H groups in total. The van der Waals surface area contributed by atoms with Gasteiger partial charge >= 0.3 is 5.97 Å². The second-order valence-electron chi connectivity index (χ2n) is 5.25. The smallest absolute Gasteiger partial charge is 0.331 e. The van der Waals surface area contributed by atoms with Crippen LogP contribution in [-0.4, -0.2) is 11.1 Å². The molecular weight excluding hydrogens is 260 g/mol. The van der Waals surface area contributed by atoms with Gasteiger partial charge < -0.3 is 5.11 Å². The summed E-state index contributed by atoms with van der Waals surface area (Å²) in [6.07, 6.45) is 0. The Balaban J connectivity index is 2.47. The molecule has 104 valence electrons. The fourth-order valence-corrected chi connectivity index (χ4v) is 2.73. The molecule has 0 heterocycles. The molecule has 0 aromatic heterocycles. The molecule has 0 unspecified atom stereocenters.